The van der Waals surface area contributed by atoms with Crippen LogP contribution in [0.5, 0.6) is 5.75 Å². The van der Waals surface area contributed by atoms with Crippen LogP contribution in [0, 0.1) is 11.6 Å². The highest BCUT2D eigenvalue weighted by Crippen LogP contribution is 2.27. The standard InChI is InChI=1S/C11H13F2N3O3/c1-19-11-7(12)4-6(5-8(11)13)10(18)9(17)2-3-15-16-14/h4-5,9-10,17-18H,2-3H2,1H3. The molecule has 0 aliphatic rings. The minimum absolute atomic E-state index is 0.0273. The van der Waals surface area contributed by atoms with Gasteiger partial charge in [0.25, 0.3) is 0 Å². The van der Waals surface area contributed by atoms with Crippen LogP contribution in [0.4, 0.5) is 8.78 Å². The van der Waals surface area contributed by atoms with Crippen LogP contribution >= 0.6 is 0 Å². The van der Waals surface area contributed by atoms with Gasteiger partial charge in [-0.3, -0.25) is 0 Å². The first-order chi connectivity index (χ1) is 9.01. The molecule has 0 saturated heterocycles. The molecule has 0 radical (unpaired) electrons. The summed E-state index contributed by atoms with van der Waals surface area (Å²) in [6.07, 6.45) is -2.80. The molecule has 0 aromatic heterocycles. The average Bonchev–Trinajstić information content (AvgIpc) is 2.37. The lowest BCUT2D eigenvalue weighted by atomic mass is 10.0. The van der Waals surface area contributed by atoms with Crippen molar-refractivity contribution < 1.29 is 23.7 Å². The molecule has 0 heterocycles. The Hall–Kier alpha value is -1.89. The smallest absolute Gasteiger partial charge is 0.190 e. The number of rotatable bonds is 6. The van der Waals surface area contributed by atoms with Gasteiger partial charge in [-0.2, -0.15) is 0 Å². The van der Waals surface area contributed by atoms with Crippen molar-refractivity contribution in [2.24, 2.45) is 5.11 Å². The highest BCUT2D eigenvalue weighted by Gasteiger charge is 2.21. The molecule has 0 saturated carbocycles. The van der Waals surface area contributed by atoms with Crippen LogP contribution in [-0.2, 0) is 0 Å². The lowest BCUT2D eigenvalue weighted by Crippen LogP contribution is -2.19. The molecule has 0 fully saturated rings. The van der Waals surface area contributed by atoms with Crippen LogP contribution in [0.1, 0.15) is 18.1 Å². The largest absolute Gasteiger partial charge is 0.491 e. The maximum absolute atomic E-state index is 13.4. The van der Waals surface area contributed by atoms with Gasteiger partial charge in [0, 0.05) is 11.5 Å². The number of benzene rings is 1. The number of hydrogen-bond acceptors (Lipinski definition) is 4. The molecule has 0 bridgehead atoms. The van der Waals surface area contributed by atoms with Crippen LogP contribution in [0.2, 0.25) is 0 Å². The van der Waals surface area contributed by atoms with E-state index in [0.717, 1.165) is 19.2 Å². The minimum atomic E-state index is -1.48. The van der Waals surface area contributed by atoms with Gasteiger partial charge in [0.15, 0.2) is 17.4 Å². The van der Waals surface area contributed by atoms with E-state index in [9.17, 15) is 19.0 Å². The number of hydrogen-bond donors (Lipinski definition) is 2. The Kier molecular flexibility index (Phi) is 5.50. The predicted octanol–water partition coefficient (Wildman–Crippen LogP) is 2.07. The van der Waals surface area contributed by atoms with E-state index in [4.69, 9.17) is 5.53 Å². The molecule has 19 heavy (non-hydrogen) atoms. The number of halogens is 2. The number of nitrogens with zero attached hydrogens (tertiary/aromatic N) is 3. The molecule has 0 spiro atoms. The van der Waals surface area contributed by atoms with Crippen molar-refractivity contribution in [3.63, 3.8) is 0 Å². The van der Waals surface area contributed by atoms with Crippen molar-refractivity contribution in [2.75, 3.05) is 13.7 Å². The molecule has 0 aliphatic heterocycles. The van der Waals surface area contributed by atoms with E-state index >= 15 is 0 Å². The highest BCUT2D eigenvalue weighted by atomic mass is 19.1. The van der Waals surface area contributed by atoms with Gasteiger partial charge in [-0.1, -0.05) is 5.11 Å². The molecule has 1 rings (SSSR count). The number of aliphatic hydroxyl groups is 2. The van der Waals surface area contributed by atoms with E-state index in [1.54, 1.807) is 0 Å². The van der Waals surface area contributed by atoms with Gasteiger partial charge in [0.1, 0.15) is 6.10 Å². The van der Waals surface area contributed by atoms with Gasteiger partial charge in [0.05, 0.1) is 13.2 Å². The van der Waals surface area contributed by atoms with Crippen molar-refractivity contribution in [1.29, 1.82) is 0 Å². The summed E-state index contributed by atoms with van der Waals surface area (Å²) < 4.78 is 31.3. The fraction of sp³-hybridized carbons (Fsp3) is 0.455. The summed E-state index contributed by atoms with van der Waals surface area (Å²) in [5, 5.41) is 22.5. The lowest BCUT2D eigenvalue weighted by Gasteiger charge is -2.18. The van der Waals surface area contributed by atoms with E-state index in [-0.39, 0.29) is 18.5 Å². The van der Waals surface area contributed by atoms with Crippen molar-refractivity contribution in [3.05, 3.63) is 39.8 Å². The first kappa shape index (κ1) is 15.2. The van der Waals surface area contributed by atoms with Crippen LogP contribution in [0.15, 0.2) is 17.2 Å². The van der Waals surface area contributed by atoms with Crippen molar-refractivity contribution in [1.82, 2.24) is 0 Å². The summed E-state index contributed by atoms with van der Waals surface area (Å²) in [7, 11) is 1.12. The number of methoxy groups -OCH3 is 1. The summed E-state index contributed by atoms with van der Waals surface area (Å²) in [6.45, 7) is -0.0319. The van der Waals surface area contributed by atoms with Gasteiger partial charge in [-0.25, -0.2) is 8.78 Å². The Morgan fingerprint density at radius 3 is 2.42 bits per heavy atom. The zero-order chi connectivity index (χ0) is 14.4. The lowest BCUT2D eigenvalue weighted by molar-refractivity contribution is 0.0146. The second kappa shape index (κ2) is 6.89. The Labute approximate surface area is 107 Å². The third kappa shape index (κ3) is 3.78. The maximum atomic E-state index is 13.4. The molecule has 2 atom stereocenters. The molecule has 2 unspecified atom stereocenters. The normalized spacial score (nSPS) is 13.5. The molecule has 1 aromatic rings. The number of ether oxygens (including phenoxy) is 1. The first-order valence-electron chi connectivity index (χ1n) is 5.41. The molecule has 2 N–H and O–H groups in total. The molecule has 8 heteroatoms. The second-order valence-electron chi connectivity index (χ2n) is 3.77. The minimum Gasteiger partial charge on any atom is -0.491 e. The van der Waals surface area contributed by atoms with Gasteiger partial charge in [-0.05, 0) is 29.6 Å². The molecule has 1 aromatic carbocycles. The highest BCUT2D eigenvalue weighted by molar-refractivity contribution is 5.32. The molecular formula is C11H13F2N3O3. The number of aliphatic hydroxyl groups excluding tert-OH is 2. The first-order valence-corrected chi connectivity index (χ1v) is 5.41. The monoisotopic (exact) mass is 273 g/mol. The number of azide groups is 1. The second-order valence-corrected chi connectivity index (χ2v) is 3.77. The van der Waals surface area contributed by atoms with Gasteiger partial charge >= 0.3 is 0 Å². The molecule has 0 amide bonds. The third-order valence-electron chi connectivity index (χ3n) is 2.52. The SMILES string of the molecule is COc1c(F)cc(C(O)C(O)CCN=[N+]=[N-])cc1F. The van der Waals surface area contributed by atoms with Gasteiger partial charge < -0.3 is 14.9 Å². The average molecular weight is 273 g/mol. The van der Waals surface area contributed by atoms with E-state index in [0.29, 0.717) is 0 Å². The Balaban J connectivity index is 2.87. The zero-order valence-electron chi connectivity index (χ0n) is 10.1. The van der Waals surface area contributed by atoms with E-state index < -0.39 is 29.6 Å². The fourth-order valence-corrected chi connectivity index (χ4v) is 1.56. The predicted molar refractivity (Wildman–Crippen MR) is 62.5 cm³/mol. The van der Waals surface area contributed by atoms with Crippen molar-refractivity contribution >= 4 is 0 Å². The molecule has 0 aliphatic carbocycles. The van der Waals surface area contributed by atoms with Crippen LogP contribution < -0.4 is 4.74 Å². The van der Waals surface area contributed by atoms with E-state index in [1.807, 2.05) is 0 Å². The Morgan fingerprint density at radius 1 is 1.37 bits per heavy atom. The quantitative estimate of drug-likeness (QED) is 0.471. The van der Waals surface area contributed by atoms with Crippen molar-refractivity contribution in [2.45, 2.75) is 18.6 Å². The molecule has 104 valence electrons. The van der Waals surface area contributed by atoms with E-state index in [2.05, 4.69) is 14.8 Å². The molecular weight excluding hydrogens is 260 g/mol. The summed E-state index contributed by atoms with van der Waals surface area (Å²) in [5.41, 5.74) is 7.95. The summed E-state index contributed by atoms with van der Waals surface area (Å²) >= 11 is 0. The topological polar surface area (TPSA) is 98.5 Å². The fourth-order valence-electron chi connectivity index (χ4n) is 1.56. The van der Waals surface area contributed by atoms with Gasteiger partial charge in [-0.15, -0.1) is 0 Å². The van der Waals surface area contributed by atoms with E-state index in [1.165, 1.54) is 0 Å². The van der Waals surface area contributed by atoms with Crippen molar-refractivity contribution in [3.8, 4) is 5.75 Å². The summed E-state index contributed by atoms with van der Waals surface area (Å²) in [5.74, 6) is -2.50. The third-order valence-corrected chi connectivity index (χ3v) is 2.52. The van der Waals surface area contributed by atoms with Crippen LogP contribution in [-0.4, -0.2) is 30.0 Å². The summed E-state index contributed by atoms with van der Waals surface area (Å²) in [4.78, 5) is 2.49. The zero-order valence-corrected chi connectivity index (χ0v) is 10.1. The van der Waals surface area contributed by atoms with Crippen LogP contribution in [0.25, 0.3) is 10.4 Å². The Morgan fingerprint density at radius 2 is 1.95 bits per heavy atom. The molecule has 6 nitrogen and oxygen atoms in total. The Bertz CT molecular complexity index is 469. The summed E-state index contributed by atoms with van der Waals surface area (Å²) in [6, 6.07) is 1.76. The van der Waals surface area contributed by atoms with Crippen LogP contribution in [0.3, 0.4) is 0 Å². The maximum Gasteiger partial charge on any atom is 0.190 e. The van der Waals surface area contributed by atoms with Gasteiger partial charge in [0.2, 0.25) is 0 Å².